The molecule has 0 radical (unpaired) electrons. The maximum Gasteiger partial charge on any atom is 0.263 e. The number of aromatic nitrogens is 4. The number of hydrogen-bond acceptors (Lipinski definition) is 6. The average Bonchev–Trinajstić information content (AvgIpc) is 2.93. The van der Waals surface area contributed by atoms with Gasteiger partial charge in [0.15, 0.2) is 0 Å². The Labute approximate surface area is 214 Å². The van der Waals surface area contributed by atoms with Crippen LogP contribution in [0.3, 0.4) is 0 Å². The topological polar surface area (TPSA) is 86.3 Å². The lowest BCUT2D eigenvalue weighted by atomic mass is 9.98. The number of ether oxygens (including phenoxy) is 1. The lowest BCUT2D eigenvalue weighted by Gasteiger charge is -2.22. The molecule has 0 aliphatic rings. The van der Waals surface area contributed by atoms with Crippen LogP contribution in [0.2, 0.25) is 0 Å². The number of aryl methyl sites for hydroxylation is 1. The first-order valence-electron chi connectivity index (χ1n) is 11.7. The number of fused-ring (bicyclic) bond motifs is 1. The van der Waals surface area contributed by atoms with Gasteiger partial charge in [0, 0.05) is 29.8 Å². The van der Waals surface area contributed by atoms with Crippen molar-refractivity contribution in [2.75, 3.05) is 12.4 Å². The second kappa shape index (κ2) is 9.91. The van der Waals surface area contributed by atoms with Gasteiger partial charge in [0.05, 0.1) is 25.1 Å². The smallest absolute Gasteiger partial charge is 0.263 e. The molecule has 1 atom stereocenters. The minimum Gasteiger partial charge on any atom is -0.481 e. The van der Waals surface area contributed by atoms with Crippen molar-refractivity contribution in [3.8, 4) is 22.7 Å². The van der Waals surface area contributed by atoms with E-state index in [-0.39, 0.29) is 11.6 Å². The molecule has 1 N–H and O–H groups in total. The molecule has 2 aromatic carbocycles. The Balaban J connectivity index is 1.74. The van der Waals surface area contributed by atoms with E-state index in [2.05, 4.69) is 25.1 Å². The zero-order valence-electron chi connectivity index (χ0n) is 20.6. The van der Waals surface area contributed by atoms with Crippen LogP contribution in [0.25, 0.3) is 32.4 Å². The molecule has 5 rings (SSSR count). The first-order chi connectivity index (χ1) is 18.0. The molecule has 5 aromatic rings. The highest BCUT2D eigenvalue weighted by Crippen LogP contribution is 2.32. The van der Waals surface area contributed by atoms with Crippen molar-refractivity contribution in [3.63, 3.8) is 0 Å². The van der Waals surface area contributed by atoms with E-state index in [9.17, 15) is 4.79 Å². The molecule has 0 amide bonds. The Bertz CT molecular complexity index is 1710. The van der Waals surface area contributed by atoms with Gasteiger partial charge in [-0.15, -0.1) is 0 Å². The fourth-order valence-corrected chi connectivity index (χ4v) is 4.40. The number of rotatable bonds is 6. The molecule has 37 heavy (non-hydrogen) atoms. The molecule has 8 nitrogen and oxygen atoms in total. The summed E-state index contributed by atoms with van der Waals surface area (Å²) >= 11 is 0. The number of benzene rings is 2. The standard InChI is InChI=1S/C29H24N6O2/c1-18(33-28-24(30-3)17-32-19(2)34-28)25-15-21-9-8-12-23(20-13-14-31-26(16-20)37-4)27(21)29(36)35(25)22-10-6-5-7-11-22/h5-18H,1-2,4H3,(H,32,33,34)/t18-/m1/s1. The summed E-state index contributed by atoms with van der Waals surface area (Å²) in [6, 6.07) is 20.7. The van der Waals surface area contributed by atoms with E-state index in [0.717, 1.165) is 27.9 Å². The molecule has 3 aromatic heterocycles. The molecule has 3 heterocycles. The van der Waals surface area contributed by atoms with Gasteiger partial charge >= 0.3 is 0 Å². The predicted molar refractivity (Wildman–Crippen MR) is 144 cm³/mol. The van der Waals surface area contributed by atoms with Crippen molar-refractivity contribution >= 4 is 22.3 Å². The maximum absolute atomic E-state index is 14.2. The van der Waals surface area contributed by atoms with E-state index >= 15 is 0 Å². The second-order valence-electron chi connectivity index (χ2n) is 8.53. The fraction of sp³-hybridized carbons (Fsp3) is 0.138. The quantitative estimate of drug-likeness (QED) is 0.300. The lowest BCUT2D eigenvalue weighted by Crippen LogP contribution is -2.26. The molecule has 0 unspecified atom stereocenters. The Morgan fingerprint density at radius 2 is 1.86 bits per heavy atom. The van der Waals surface area contributed by atoms with E-state index in [0.29, 0.717) is 28.6 Å². The molecule has 0 aliphatic carbocycles. The highest BCUT2D eigenvalue weighted by atomic mass is 16.5. The first-order valence-corrected chi connectivity index (χ1v) is 11.7. The van der Waals surface area contributed by atoms with E-state index in [4.69, 9.17) is 11.3 Å². The molecule has 0 bridgehead atoms. The normalized spacial score (nSPS) is 11.6. The van der Waals surface area contributed by atoms with Gasteiger partial charge in [-0.3, -0.25) is 14.3 Å². The van der Waals surface area contributed by atoms with Gasteiger partial charge in [-0.1, -0.05) is 36.4 Å². The van der Waals surface area contributed by atoms with Crippen molar-refractivity contribution in [1.82, 2.24) is 19.5 Å². The largest absolute Gasteiger partial charge is 0.481 e. The van der Waals surface area contributed by atoms with Crippen LogP contribution in [-0.2, 0) is 0 Å². The Kier molecular flexibility index (Phi) is 6.35. The summed E-state index contributed by atoms with van der Waals surface area (Å²) in [5.74, 6) is 1.46. The average molecular weight is 489 g/mol. The molecular weight excluding hydrogens is 464 g/mol. The molecule has 8 heteroatoms. The second-order valence-corrected chi connectivity index (χ2v) is 8.53. The molecule has 0 fully saturated rings. The van der Waals surface area contributed by atoms with E-state index in [1.54, 1.807) is 24.8 Å². The number of nitrogens with one attached hydrogen (secondary N) is 1. The first kappa shape index (κ1) is 23.7. The number of anilines is 1. The van der Waals surface area contributed by atoms with Crippen molar-refractivity contribution < 1.29 is 4.74 Å². The zero-order valence-corrected chi connectivity index (χ0v) is 20.6. The third-order valence-corrected chi connectivity index (χ3v) is 6.15. The number of para-hydroxylation sites is 1. The van der Waals surface area contributed by atoms with E-state index in [1.165, 1.54) is 6.20 Å². The van der Waals surface area contributed by atoms with Crippen LogP contribution in [0.1, 0.15) is 24.5 Å². The van der Waals surface area contributed by atoms with Crippen LogP contribution >= 0.6 is 0 Å². The monoisotopic (exact) mass is 488 g/mol. The van der Waals surface area contributed by atoms with Gasteiger partial charge in [0.25, 0.3) is 5.56 Å². The predicted octanol–water partition coefficient (Wildman–Crippen LogP) is 5.88. The number of pyridine rings is 2. The summed E-state index contributed by atoms with van der Waals surface area (Å²) in [5.41, 5.74) is 3.28. The molecule has 0 saturated carbocycles. The van der Waals surface area contributed by atoms with Gasteiger partial charge in [-0.2, -0.15) is 0 Å². The minimum absolute atomic E-state index is 0.150. The van der Waals surface area contributed by atoms with Crippen molar-refractivity contribution in [2.45, 2.75) is 19.9 Å². The van der Waals surface area contributed by atoms with E-state index in [1.807, 2.05) is 73.7 Å². The van der Waals surface area contributed by atoms with Crippen LogP contribution in [0.15, 0.2) is 83.9 Å². The highest BCUT2D eigenvalue weighted by Gasteiger charge is 2.20. The Hall–Kier alpha value is -5.03. The summed E-state index contributed by atoms with van der Waals surface area (Å²) < 4.78 is 7.03. The maximum atomic E-state index is 14.2. The summed E-state index contributed by atoms with van der Waals surface area (Å²) in [5, 5.41) is 4.73. The zero-order chi connectivity index (χ0) is 25.9. The van der Waals surface area contributed by atoms with Gasteiger partial charge in [-0.25, -0.2) is 14.8 Å². The van der Waals surface area contributed by atoms with Crippen molar-refractivity contribution in [2.24, 2.45) is 0 Å². The van der Waals surface area contributed by atoms with Crippen LogP contribution < -0.4 is 15.6 Å². The Morgan fingerprint density at radius 3 is 2.62 bits per heavy atom. The van der Waals surface area contributed by atoms with Gasteiger partial charge < -0.3 is 10.1 Å². The molecule has 0 aliphatic heterocycles. The highest BCUT2D eigenvalue weighted by molar-refractivity contribution is 5.96. The summed E-state index contributed by atoms with van der Waals surface area (Å²) in [6.45, 7) is 11.2. The van der Waals surface area contributed by atoms with Gasteiger partial charge in [-0.05, 0) is 54.6 Å². The summed E-state index contributed by atoms with van der Waals surface area (Å²) in [4.78, 5) is 30.5. The molecular formula is C29H24N6O2. The summed E-state index contributed by atoms with van der Waals surface area (Å²) in [7, 11) is 1.57. The van der Waals surface area contributed by atoms with Crippen LogP contribution in [0.5, 0.6) is 5.88 Å². The summed E-state index contributed by atoms with van der Waals surface area (Å²) in [6.07, 6.45) is 3.17. The molecule has 0 saturated heterocycles. The van der Waals surface area contributed by atoms with Crippen molar-refractivity contribution in [3.05, 3.63) is 112 Å². The van der Waals surface area contributed by atoms with Crippen LogP contribution in [-0.4, -0.2) is 26.6 Å². The van der Waals surface area contributed by atoms with Gasteiger partial charge in [0.2, 0.25) is 11.6 Å². The third kappa shape index (κ3) is 4.50. The van der Waals surface area contributed by atoms with Crippen LogP contribution in [0.4, 0.5) is 11.5 Å². The van der Waals surface area contributed by atoms with Crippen molar-refractivity contribution in [1.29, 1.82) is 0 Å². The third-order valence-electron chi connectivity index (χ3n) is 6.15. The fourth-order valence-electron chi connectivity index (χ4n) is 4.40. The number of nitrogens with zero attached hydrogens (tertiary/aromatic N) is 5. The minimum atomic E-state index is -0.350. The number of methoxy groups -OCH3 is 1. The van der Waals surface area contributed by atoms with Crippen LogP contribution in [0, 0.1) is 13.5 Å². The molecule has 182 valence electrons. The molecule has 0 spiro atoms. The van der Waals surface area contributed by atoms with Gasteiger partial charge in [0.1, 0.15) is 11.6 Å². The SMILES string of the molecule is [C-]#[N+]c1cnc(C)nc1N[C@H](C)c1cc2cccc(-c3ccnc(OC)c3)c2c(=O)n1-c1ccccc1. The van der Waals surface area contributed by atoms with E-state index < -0.39 is 0 Å². The number of hydrogen-bond donors (Lipinski definition) is 1. The lowest BCUT2D eigenvalue weighted by molar-refractivity contribution is 0.398. The Morgan fingerprint density at radius 1 is 1.05 bits per heavy atom.